The highest BCUT2D eigenvalue weighted by Gasteiger charge is 2.31. The van der Waals surface area contributed by atoms with Crippen LogP contribution in [0.25, 0.3) is 0 Å². The number of aliphatic hydroxyl groups is 2. The second-order valence-corrected chi connectivity index (χ2v) is 7.88. The van der Waals surface area contributed by atoms with Crippen molar-refractivity contribution in [3.8, 4) is 11.6 Å². The lowest BCUT2D eigenvalue weighted by Crippen LogP contribution is -2.40. The molecule has 30 heavy (non-hydrogen) atoms. The van der Waals surface area contributed by atoms with E-state index in [0.29, 0.717) is 36.6 Å². The molecule has 2 N–H and O–H groups in total. The number of benzene rings is 1. The molecule has 1 aromatic heterocycles. The lowest BCUT2D eigenvalue weighted by atomic mass is 10.0. The molecule has 2 aromatic rings. The van der Waals surface area contributed by atoms with Gasteiger partial charge in [0.1, 0.15) is 11.6 Å². The van der Waals surface area contributed by atoms with Crippen LogP contribution in [0.3, 0.4) is 0 Å². The molecule has 3 rings (SSSR count). The van der Waals surface area contributed by atoms with Crippen LogP contribution in [0.2, 0.25) is 0 Å². The molecule has 0 radical (unpaired) electrons. The average molecular weight is 422 g/mol. The van der Waals surface area contributed by atoms with Crippen LogP contribution in [-0.4, -0.2) is 51.7 Å². The third-order valence-corrected chi connectivity index (χ3v) is 5.22. The predicted octanol–water partition coefficient (Wildman–Crippen LogP) is 3.14. The van der Waals surface area contributed by atoms with E-state index in [2.05, 4.69) is 5.10 Å². The van der Waals surface area contributed by atoms with Crippen molar-refractivity contribution in [3.05, 3.63) is 40.8 Å². The van der Waals surface area contributed by atoms with E-state index in [1.165, 1.54) is 6.07 Å². The molecule has 0 unspecified atom stereocenters. The minimum absolute atomic E-state index is 0.0920. The number of rotatable bonds is 8. The lowest BCUT2D eigenvalue weighted by Gasteiger charge is -2.31. The summed E-state index contributed by atoms with van der Waals surface area (Å²) in [5.74, 6) is 0.489. The van der Waals surface area contributed by atoms with Gasteiger partial charge in [-0.15, -0.1) is 5.10 Å². The Morgan fingerprint density at radius 1 is 1.33 bits per heavy atom. The molecule has 1 aliphatic heterocycles. The maximum absolute atomic E-state index is 14.7. The van der Waals surface area contributed by atoms with E-state index in [4.69, 9.17) is 14.2 Å². The molecule has 0 saturated carbocycles. The lowest BCUT2D eigenvalue weighted by molar-refractivity contribution is -0.186. The van der Waals surface area contributed by atoms with E-state index in [9.17, 15) is 14.6 Å². The van der Waals surface area contributed by atoms with Crippen molar-refractivity contribution in [1.82, 2.24) is 9.78 Å². The third-order valence-electron chi connectivity index (χ3n) is 5.22. The summed E-state index contributed by atoms with van der Waals surface area (Å²) in [7, 11) is 0. The molecule has 0 amide bonds. The first-order valence-electron chi connectivity index (χ1n) is 10.4. The smallest absolute Gasteiger partial charge is 0.238 e. The van der Waals surface area contributed by atoms with Gasteiger partial charge in [0.15, 0.2) is 0 Å². The molecule has 2 heterocycles. The van der Waals surface area contributed by atoms with Crippen LogP contribution in [0, 0.1) is 12.7 Å². The van der Waals surface area contributed by atoms with Gasteiger partial charge in [-0.05, 0) is 39.3 Å². The molecule has 1 saturated heterocycles. The van der Waals surface area contributed by atoms with Gasteiger partial charge in [0.05, 0.1) is 25.4 Å². The first kappa shape index (κ1) is 22.5. The molecular weight excluding hydrogens is 391 g/mol. The van der Waals surface area contributed by atoms with Crippen LogP contribution >= 0.6 is 0 Å². The Bertz CT molecular complexity index is 854. The summed E-state index contributed by atoms with van der Waals surface area (Å²) in [5, 5.41) is 24.0. The van der Waals surface area contributed by atoms with E-state index in [0.717, 1.165) is 11.3 Å². The summed E-state index contributed by atoms with van der Waals surface area (Å²) in [6, 6.07) is 4.93. The molecule has 3 atom stereocenters. The number of aliphatic hydroxyl groups excluding tert-OH is 2. The Labute approximate surface area is 176 Å². The Morgan fingerprint density at radius 3 is 2.73 bits per heavy atom. The number of ether oxygens (including phenoxy) is 3. The molecule has 8 heteroatoms. The van der Waals surface area contributed by atoms with E-state index in [-0.39, 0.29) is 24.9 Å². The van der Waals surface area contributed by atoms with Crippen LogP contribution in [0.4, 0.5) is 4.39 Å². The van der Waals surface area contributed by atoms with Crippen molar-refractivity contribution < 1.29 is 28.8 Å². The molecule has 166 valence electrons. The summed E-state index contributed by atoms with van der Waals surface area (Å²) in [6.07, 6.45) is -0.906. The summed E-state index contributed by atoms with van der Waals surface area (Å²) in [6.45, 7) is 8.07. The molecule has 1 aromatic carbocycles. The summed E-state index contributed by atoms with van der Waals surface area (Å²) >= 11 is 0. The van der Waals surface area contributed by atoms with E-state index in [1.807, 2.05) is 32.4 Å². The highest BCUT2D eigenvalue weighted by Crippen LogP contribution is 2.31. The highest BCUT2D eigenvalue weighted by atomic mass is 19.1. The van der Waals surface area contributed by atoms with Gasteiger partial charge in [-0.25, -0.2) is 4.39 Å². The van der Waals surface area contributed by atoms with Crippen LogP contribution in [-0.2, 0) is 11.2 Å². The van der Waals surface area contributed by atoms with Crippen LogP contribution < -0.4 is 9.47 Å². The first-order chi connectivity index (χ1) is 14.3. The molecule has 0 aliphatic carbocycles. The third kappa shape index (κ3) is 5.11. The zero-order valence-electron chi connectivity index (χ0n) is 18.0. The van der Waals surface area contributed by atoms with Crippen LogP contribution in [0.5, 0.6) is 11.6 Å². The molecular formula is C22H31FN2O5. The van der Waals surface area contributed by atoms with Gasteiger partial charge in [0, 0.05) is 42.6 Å². The minimum Gasteiger partial charge on any atom is -0.494 e. The SMILES string of the molecule is CCOc1ccc(Cc2c(O[C@H]3C[C@@H](O)C[C@@H](CO)O3)nn(C(C)C)c2C)c(F)c1. The molecule has 0 bridgehead atoms. The van der Waals surface area contributed by atoms with Crippen molar-refractivity contribution in [1.29, 1.82) is 0 Å². The van der Waals surface area contributed by atoms with Crippen molar-refractivity contribution in [3.63, 3.8) is 0 Å². The van der Waals surface area contributed by atoms with Gasteiger partial charge in [-0.2, -0.15) is 0 Å². The number of hydrogen-bond donors (Lipinski definition) is 2. The monoisotopic (exact) mass is 422 g/mol. The Morgan fingerprint density at radius 2 is 2.10 bits per heavy atom. The van der Waals surface area contributed by atoms with Gasteiger partial charge in [0.2, 0.25) is 12.2 Å². The van der Waals surface area contributed by atoms with Gasteiger partial charge in [0.25, 0.3) is 0 Å². The van der Waals surface area contributed by atoms with E-state index >= 15 is 0 Å². The normalized spacial score (nSPS) is 21.8. The molecule has 7 nitrogen and oxygen atoms in total. The van der Waals surface area contributed by atoms with Crippen molar-refractivity contribution in [2.24, 2.45) is 0 Å². The zero-order valence-corrected chi connectivity index (χ0v) is 18.0. The van der Waals surface area contributed by atoms with Gasteiger partial charge < -0.3 is 24.4 Å². The largest absolute Gasteiger partial charge is 0.494 e. The maximum Gasteiger partial charge on any atom is 0.238 e. The number of halogens is 1. The summed E-state index contributed by atoms with van der Waals surface area (Å²) in [4.78, 5) is 0. The fourth-order valence-electron chi connectivity index (χ4n) is 3.71. The van der Waals surface area contributed by atoms with Crippen molar-refractivity contribution >= 4 is 0 Å². The quantitative estimate of drug-likeness (QED) is 0.680. The second-order valence-electron chi connectivity index (χ2n) is 7.88. The number of hydrogen-bond acceptors (Lipinski definition) is 6. The van der Waals surface area contributed by atoms with Crippen LogP contribution in [0.1, 0.15) is 56.5 Å². The van der Waals surface area contributed by atoms with E-state index < -0.39 is 18.5 Å². The fraction of sp³-hybridized carbons (Fsp3) is 0.591. The average Bonchev–Trinajstić information content (AvgIpc) is 2.99. The second kappa shape index (κ2) is 9.76. The van der Waals surface area contributed by atoms with Crippen LogP contribution in [0.15, 0.2) is 18.2 Å². The molecule has 1 aliphatic rings. The highest BCUT2D eigenvalue weighted by molar-refractivity contribution is 5.39. The fourth-order valence-corrected chi connectivity index (χ4v) is 3.71. The summed E-state index contributed by atoms with van der Waals surface area (Å²) in [5.41, 5.74) is 2.15. The first-order valence-corrected chi connectivity index (χ1v) is 10.4. The Hall–Kier alpha value is -2.16. The zero-order chi connectivity index (χ0) is 21.8. The maximum atomic E-state index is 14.7. The minimum atomic E-state index is -0.732. The Kier molecular flexibility index (Phi) is 7.33. The molecule has 0 spiro atoms. The Balaban J connectivity index is 1.88. The van der Waals surface area contributed by atoms with Gasteiger partial charge in [-0.1, -0.05) is 6.07 Å². The van der Waals surface area contributed by atoms with Crippen molar-refractivity contribution in [2.45, 2.75) is 71.5 Å². The number of aromatic nitrogens is 2. The van der Waals surface area contributed by atoms with Crippen molar-refractivity contribution in [2.75, 3.05) is 13.2 Å². The standard InChI is InChI=1S/C22H31FN2O5/c1-5-28-17-7-6-15(20(23)11-17)8-19-14(4)25(13(2)3)24-22(19)30-21-10-16(27)9-18(12-26)29-21/h6-7,11,13,16,18,21,26-27H,5,8-10,12H2,1-4H3/t16-,18-,21-/m0/s1. The molecule has 1 fully saturated rings. The topological polar surface area (TPSA) is 86.0 Å². The van der Waals surface area contributed by atoms with E-state index in [1.54, 1.807) is 12.1 Å². The predicted molar refractivity (Wildman–Crippen MR) is 109 cm³/mol. The van der Waals surface area contributed by atoms with Gasteiger partial charge >= 0.3 is 0 Å². The van der Waals surface area contributed by atoms with Gasteiger partial charge in [-0.3, -0.25) is 4.68 Å². The number of nitrogens with zero attached hydrogens (tertiary/aromatic N) is 2. The summed E-state index contributed by atoms with van der Waals surface area (Å²) < 4.78 is 33.6.